The van der Waals surface area contributed by atoms with Gasteiger partial charge in [0.05, 0.1) is 54.8 Å². The number of rotatable bonds is 7. The van der Waals surface area contributed by atoms with E-state index >= 15 is 0 Å². The number of nitrogens with one attached hydrogen (secondary N) is 2. The molecule has 2 aromatic carbocycles. The Hall–Kier alpha value is -3.78. The minimum absolute atomic E-state index is 0.0375. The van der Waals surface area contributed by atoms with Gasteiger partial charge in [0.1, 0.15) is 17.8 Å². The maximum absolute atomic E-state index is 14.7. The summed E-state index contributed by atoms with van der Waals surface area (Å²) in [5.41, 5.74) is 5.17. The first-order valence-corrected chi connectivity index (χ1v) is 13.2. The van der Waals surface area contributed by atoms with Crippen LogP contribution >= 0.6 is 34.5 Å². The molecule has 0 bridgehead atoms. The molecule has 5 aromatic rings. The first kappa shape index (κ1) is 25.9. The van der Waals surface area contributed by atoms with Crippen LogP contribution in [0.4, 0.5) is 21.5 Å². The van der Waals surface area contributed by atoms with E-state index < -0.39 is 5.82 Å². The van der Waals surface area contributed by atoms with E-state index in [1.807, 2.05) is 33.0 Å². The van der Waals surface area contributed by atoms with Gasteiger partial charge in [-0.2, -0.15) is 5.26 Å². The van der Waals surface area contributed by atoms with Crippen molar-refractivity contribution in [2.75, 3.05) is 10.6 Å². The van der Waals surface area contributed by atoms with E-state index in [4.69, 9.17) is 23.2 Å². The maximum atomic E-state index is 14.7. The summed E-state index contributed by atoms with van der Waals surface area (Å²) in [7, 11) is 0. The average molecular weight is 567 g/mol. The number of pyridine rings is 1. The molecular formula is C26H21Cl2FN8S. The molecule has 5 rings (SSSR count). The van der Waals surface area contributed by atoms with E-state index in [0.717, 1.165) is 10.6 Å². The zero-order valence-corrected chi connectivity index (χ0v) is 22.8. The van der Waals surface area contributed by atoms with Crippen LogP contribution in [-0.4, -0.2) is 25.0 Å². The molecule has 0 fully saturated rings. The third-order valence-electron chi connectivity index (χ3n) is 5.97. The molecule has 0 saturated carbocycles. The van der Waals surface area contributed by atoms with Crippen molar-refractivity contribution in [3.63, 3.8) is 0 Å². The van der Waals surface area contributed by atoms with Crippen molar-refractivity contribution in [1.82, 2.24) is 25.0 Å². The predicted octanol–water partition coefficient (Wildman–Crippen LogP) is 7.43. The second-order valence-electron chi connectivity index (χ2n) is 8.84. The summed E-state index contributed by atoms with van der Waals surface area (Å²) >= 11 is 14.2. The summed E-state index contributed by atoms with van der Waals surface area (Å²) < 4.78 is 16.5. The number of nitrogens with zero attached hydrogens (tertiary/aromatic N) is 6. The molecule has 38 heavy (non-hydrogen) atoms. The molecule has 0 aliphatic rings. The fourth-order valence-corrected chi connectivity index (χ4v) is 5.31. The zero-order valence-electron chi connectivity index (χ0n) is 20.5. The predicted molar refractivity (Wildman–Crippen MR) is 149 cm³/mol. The van der Waals surface area contributed by atoms with E-state index in [2.05, 4.69) is 37.0 Å². The van der Waals surface area contributed by atoms with Crippen molar-refractivity contribution in [3.05, 3.63) is 85.9 Å². The van der Waals surface area contributed by atoms with Gasteiger partial charge in [0.15, 0.2) is 5.82 Å². The Balaban J connectivity index is 1.63. The van der Waals surface area contributed by atoms with Gasteiger partial charge in [0, 0.05) is 23.3 Å². The minimum atomic E-state index is -0.627. The monoisotopic (exact) mass is 566 g/mol. The number of fused-ring (bicyclic) bond motifs is 1. The number of thiazole rings is 1. The molecule has 3 aromatic heterocycles. The highest BCUT2D eigenvalue weighted by atomic mass is 35.5. The number of halogens is 3. The number of aryl methyl sites for hydroxylation is 1. The molecule has 0 amide bonds. The average Bonchev–Trinajstić information content (AvgIpc) is 3.55. The van der Waals surface area contributed by atoms with Crippen molar-refractivity contribution in [3.8, 4) is 6.07 Å². The third-order valence-corrected chi connectivity index (χ3v) is 7.54. The summed E-state index contributed by atoms with van der Waals surface area (Å²) in [6, 6.07) is 10.1. The summed E-state index contributed by atoms with van der Waals surface area (Å²) in [5, 5.41) is 25.9. The molecule has 0 radical (unpaired) electrons. The van der Waals surface area contributed by atoms with Gasteiger partial charge in [0.2, 0.25) is 0 Å². The van der Waals surface area contributed by atoms with Gasteiger partial charge in [-0.3, -0.25) is 4.98 Å². The molecule has 12 heteroatoms. The molecule has 8 nitrogen and oxygen atoms in total. The van der Waals surface area contributed by atoms with Crippen molar-refractivity contribution < 1.29 is 4.39 Å². The quantitative estimate of drug-likeness (QED) is 0.211. The summed E-state index contributed by atoms with van der Waals surface area (Å²) in [5.74, 6) is -0.627. The van der Waals surface area contributed by atoms with E-state index in [1.54, 1.807) is 28.4 Å². The van der Waals surface area contributed by atoms with Crippen LogP contribution in [0.3, 0.4) is 0 Å². The van der Waals surface area contributed by atoms with Crippen LogP contribution in [0.5, 0.6) is 0 Å². The van der Waals surface area contributed by atoms with Gasteiger partial charge in [-0.25, -0.2) is 14.1 Å². The Morgan fingerprint density at radius 1 is 1.16 bits per heavy atom. The molecule has 192 valence electrons. The van der Waals surface area contributed by atoms with E-state index in [1.165, 1.54) is 23.6 Å². The number of hydrogen-bond acceptors (Lipinski definition) is 8. The van der Waals surface area contributed by atoms with Crippen molar-refractivity contribution >= 4 is 62.5 Å². The molecule has 3 heterocycles. The van der Waals surface area contributed by atoms with Gasteiger partial charge in [-0.15, -0.1) is 16.4 Å². The van der Waals surface area contributed by atoms with Crippen molar-refractivity contribution in [2.24, 2.45) is 0 Å². The number of benzene rings is 2. The SMILES string of the molecule is Cc1ncsc1C(Nc1cc(Cl)c2ncc(C#N)c(Nc3cccc(Cl)c3F)c2c1)c1cn(C(C)C)nn1. The fraction of sp³-hybridized carbons (Fsp3) is 0.192. The lowest BCUT2D eigenvalue weighted by molar-refractivity contribution is 0.514. The highest BCUT2D eigenvalue weighted by Crippen LogP contribution is 2.38. The van der Waals surface area contributed by atoms with E-state index in [0.29, 0.717) is 33.0 Å². The highest BCUT2D eigenvalue weighted by Gasteiger charge is 2.24. The first-order valence-electron chi connectivity index (χ1n) is 11.6. The van der Waals surface area contributed by atoms with Gasteiger partial charge < -0.3 is 10.6 Å². The summed E-state index contributed by atoms with van der Waals surface area (Å²) in [4.78, 5) is 9.76. The second-order valence-corrected chi connectivity index (χ2v) is 10.5. The van der Waals surface area contributed by atoms with Crippen LogP contribution in [0.25, 0.3) is 10.9 Å². The molecule has 2 N–H and O–H groups in total. The number of hydrogen-bond donors (Lipinski definition) is 2. The van der Waals surface area contributed by atoms with Crippen molar-refractivity contribution in [2.45, 2.75) is 32.9 Å². The largest absolute Gasteiger partial charge is 0.372 e. The van der Waals surface area contributed by atoms with E-state index in [9.17, 15) is 9.65 Å². The fourth-order valence-electron chi connectivity index (χ4n) is 4.00. The van der Waals surface area contributed by atoms with Gasteiger partial charge in [0.25, 0.3) is 0 Å². The van der Waals surface area contributed by atoms with Crippen LogP contribution in [0.1, 0.15) is 47.8 Å². The number of nitriles is 1. The van der Waals surface area contributed by atoms with Crippen LogP contribution in [0, 0.1) is 24.1 Å². The molecule has 1 unspecified atom stereocenters. The lowest BCUT2D eigenvalue weighted by Crippen LogP contribution is -2.13. The molecule has 0 aliphatic heterocycles. The van der Waals surface area contributed by atoms with Crippen LogP contribution < -0.4 is 10.6 Å². The zero-order chi connectivity index (χ0) is 27.0. The number of aromatic nitrogens is 5. The van der Waals surface area contributed by atoms with Crippen LogP contribution in [0.2, 0.25) is 10.0 Å². The van der Waals surface area contributed by atoms with E-state index in [-0.39, 0.29) is 28.4 Å². The topological polar surface area (TPSA) is 104 Å². The Morgan fingerprint density at radius 2 is 1.97 bits per heavy atom. The lowest BCUT2D eigenvalue weighted by atomic mass is 10.1. The van der Waals surface area contributed by atoms with Crippen molar-refractivity contribution in [1.29, 1.82) is 5.26 Å². The van der Waals surface area contributed by atoms with Gasteiger partial charge in [-0.05, 0) is 45.0 Å². The Morgan fingerprint density at radius 3 is 2.66 bits per heavy atom. The lowest BCUT2D eigenvalue weighted by Gasteiger charge is -2.19. The maximum Gasteiger partial charge on any atom is 0.165 e. The molecular weight excluding hydrogens is 546 g/mol. The Bertz CT molecular complexity index is 1690. The summed E-state index contributed by atoms with van der Waals surface area (Å²) in [6.45, 7) is 5.99. The summed E-state index contributed by atoms with van der Waals surface area (Å²) in [6.07, 6.45) is 3.30. The standard InChI is InChI=1S/C26H21Cl2FN8S/c1-13(2)37-11-21(35-36-37)25(26-14(3)32-12-38-26)33-16-7-17-23(34-20-6-4-5-18(27)22(20)29)15(9-30)10-31-24(17)19(28)8-16/h4-8,10-13,25,33H,1-3H3,(H,31,34). The smallest absolute Gasteiger partial charge is 0.165 e. The van der Waals surface area contributed by atoms with Crippen LogP contribution in [0.15, 0.2) is 48.2 Å². The normalized spacial score (nSPS) is 12.1. The Labute approximate surface area is 232 Å². The molecule has 0 saturated heterocycles. The minimum Gasteiger partial charge on any atom is -0.372 e. The number of anilines is 3. The molecule has 1 atom stereocenters. The Kier molecular flexibility index (Phi) is 7.17. The van der Waals surface area contributed by atoms with Crippen LogP contribution in [-0.2, 0) is 0 Å². The highest BCUT2D eigenvalue weighted by molar-refractivity contribution is 7.09. The van der Waals surface area contributed by atoms with Gasteiger partial charge in [-0.1, -0.05) is 34.5 Å². The van der Waals surface area contributed by atoms with Gasteiger partial charge >= 0.3 is 0 Å². The molecule has 0 spiro atoms. The third kappa shape index (κ3) is 4.88. The second kappa shape index (κ2) is 10.5. The molecule has 0 aliphatic carbocycles. The first-order chi connectivity index (χ1) is 18.3.